The van der Waals surface area contributed by atoms with Crippen LogP contribution < -0.4 is 5.32 Å². The first-order valence-corrected chi connectivity index (χ1v) is 11.5. The largest absolute Gasteiger partial charge is 0.339 e. The SMILES string of the molecule is CN(C(=O)c1ccc(S(=O)(=O)N2CCCCC2)cc1)C1CC2CCC(C1)N2. The maximum absolute atomic E-state index is 12.9. The predicted molar refractivity (Wildman–Crippen MR) is 104 cm³/mol. The van der Waals surface area contributed by atoms with Crippen LogP contribution in [0.4, 0.5) is 0 Å². The highest BCUT2D eigenvalue weighted by Gasteiger charge is 2.36. The molecule has 3 heterocycles. The summed E-state index contributed by atoms with van der Waals surface area (Å²) >= 11 is 0. The van der Waals surface area contributed by atoms with Gasteiger partial charge < -0.3 is 10.2 Å². The molecule has 0 aromatic heterocycles. The first kappa shape index (κ1) is 18.9. The third-order valence-corrected chi connectivity index (χ3v) is 8.28. The molecule has 6 nitrogen and oxygen atoms in total. The molecule has 3 aliphatic heterocycles. The summed E-state index contributed by atoms with van der Waals surface area (Å²) in [6.07, 6.45) is 7.32. The Morgan fingerprint density at radius 2 is 1.63 bits per heavy atom. The highest BCUT2D eigenvalue weighted by Crippen LogP contribution is 2.30. The molecule has 1 aromatic carbocycles. The van der Waals surface area contributed by atoms with E-state index < -0.39 is 10.0 Å². The first-order chi connectivity index (χ1) is 12.9. The molecule has 3 aliphatic rings. The number of hydrogen-bond acceptors (Lipinski definition) is 4. The van der Waals surface area contributed by atoms with E-state index in [1.165, 1.54) is 12.8 Å². The average Bonchev–Trinajstić information content (AvgIpc) is 3.05. The van der Waals surface area contributed by atoms with Gasteiger partial charge in [0.15, 0.2) is 0 Å². The van der Waals surface area contributed by atoms with Gasteiger partial charge in [-0.3, -0.25) is 4.79 Å². The van der Waals surface area contributed by atoms with Crippen LogP contribution in [-0.4, -0.2) is 61.8 Å². The van der Waals surface area contributed by atoms with Crippen molar-refractivity contribution in [1.82, 2.24) is 14.5 Å². The van der Waals surface area contributed by atoms with Gasteiger partial charge in [-0.15, -0.1) is 0 Å². The molecule has 2 bridgehead atoms. The molecule has 0 saturated carbocycles. The summed E-state index contributed by atoms with van der Waals surface area (Å²) in [5, 5.41) is 3.60. The Morgan fingerprint density at radius 1 is 1.04 bits per heavy atom. The van der Waals surface area contributed by atoms with E-state index in [1.807, 2.05) is 11.9 Å². The van der Waals surface area contributed by atoms with Crippen molar-refractivity contribution in [2.75, 3.05) is 20.1 Å². The second kappa shape index (κ2) is 7.53. The fourth-order valence-corrected chi connectivity index (χ4v) is 6.25. The molecule has 2 atom stereocenters. The molecule has 1 N–H and O–H groups in total. The maximum atomic E-state index is 12.9. The van der Waals surface area contributed by atoms with Gasteiger partial charge in [0.2, 0.25) is 10.0 Å². The van der Waals surface area contributed by atoms with Crippen LogP contribution in [0.15, 0.2) is 29.2 Å². The molecule has 148 valence electrons. The minimum absolute atomic E-state index is 0.0248. The molecule has 0 aliphatic carbocycles. The summed E-state index contributed by atoms with van der Waals surface area (Å²) in [5.74, 6) is -0.0248. The van der Waals surface area contributed by atoms with Gasteiger partial charge in [0, 0.05) is 43.8 Å². The van der Waals surface area contributed by atoms with E-state index in [4.69, 9.17) is 0 Å². The molecule has 27 heavy (non-hydrogen) atoms. The molecular formula is C20H29N3O3S. The van der Waals surface area contributed by atoms with Crippen molar-refractivity contribution in [3.63, 3.8) is 0 Å². The van der Waals surface area contributed by atoms with Gasteiger partial charge in [0.25, 0.3) is 5.91 Å². The molecule has 4 rings (SSSR count). The van der Waals surface area contributed by atoms with Gasteiger partial charge in [-0.1, -0.05) is 6.42 Å². The topological polar surface area (TPSA) is 69.7 Å². The Bertz CT molecular complexity index is 775. The lowest BCUT2D eigenvalue weighted by Crippen LogP contribution is -2.48. The van der Waals surface area contributed by atoms with Crippen molar-refractivity contribution >= 4 is 15.9 Å². The van der Waals surface area contributed by atoms with Crippen LogP contribution in [0.5, 0.6) is 0 Å². The third kappa shape index (κ3) is 3.77. The maximum Gasteiger partial charge on any atom is 0.253 e. The smallest absolute Gasteiger partial charge is 0.253 e. The molecule has 7 heteroatoms. The van der Waals surface area contributed by atoms with E-state index in [0.717, 1.165) is 32.1 Å². The zero-order chi connectivity index (χ0) is 19.0. The molecule has 1 amide bonds. The third-order valence-electron chi connectivity index (χ3n) is 6.37. The fourth-order valence-electron chi connectivity index (χ4n) is 4.74. The standard InChI is InChI=1S/C20H29N3O3S/c1-22(18-13-16-7-8-17(14-18)21-16)20(24)15-5-9-19(10-6-15)27(25,26)23-11-3-2-4-12-23/h5-6,9-10,16-18,21H,2-4,7-8,11-14H2,1H3. The quantitative estimate of drug-likeness (QED) is 0.854. The number of hydrogen-bond donors (Lipinski definition) is 1. The number of nitrogens with one attached hydrogen (secondary N) is 1. The average molecular weight is 392 g/mol. The Morgan fingerprint density at radius 3 is 2.22 bits per heavy atom. The first-order valence-electron chi connectivity index (χ1n) is 10.1. The summed E-state index contributed by atoms with van der Waals surface area (Å²) in [6, 6.07) is 7.79. The number of carbonyl (C=O) groups is 1. The lowest BCUT2D eigenvalue weighted by molar-refractivity contribution is 0.0681. The summed E-state index contributed by atoms with van der Waals surface area (Å²) < 4.78 is 27.1. The molecular weight excluding hydrogens is 362 g/mol. The van der Waals surface area contributed by atoms with Crippen molar-refractivity contribution < 1.29 is 13.2 Å². The summed E-state index contributed by atoms with van der Waals surface area (Å²) in [6.45, 7) is 1.17. The Labute approximate surface area is 162 Å². The summed E-state index contributed by atoms with van der Waals surface area (Å²) in [5.41, 5.74) is 0.556. The van der Waals surface area contributed by atoms with Crippen LogP contribution in [0.1, 0.15) is 55.3 Å². The summed E-state index contributed by atoms with van der Waals surface area (Å²) in [7, 11) is -1.58. The lowest BCUT2D eigenvalue weighted by atomic mass is 9.98. The monoisotopic (exact) mass is 391 g/mol. The number of sulfonamides is 1. The fraction of sp³-hybridized carbons (Fsp3) is 0.650. The van der Waals surface area contributed by atoms with Gasteiger partial charge in [0.05, 0.1) is 4.90 Å². The van der Waals surface area contributed by atoms with Gasteiger partial charge in [-0.2, -0.15) is 4.31 Å². The number of carbonyl (C=O) groups excluding carboxylic acids is 1. The van der Waals surface area contributed by atoms with Crippen LogP contribution in [0.2, 0.25) is 0 Å². The predicted octanol–water partition coefficient (Wildman–Crippen LogP) is 2.22. The number of rotatable bonds is 4. The van der Waals surface area contributed by atoms with E-state index in [2.05, 4.69) is 5.32 Å². The van der Waals surface area contributed by atoms with E-state index in [9.17, 15) is 13.2 Å². The number of amides is 1. The molecule has 3 saturated heterocycles. The van der Waals surface area contributed by atoms with E-state index in [0.29, 0.717) is 30.7 Å². The highest BCUT2D eigenvalue weighted by molar-refractivity contribution is 7.89. The molecule has 1 aromatic rings. The second-order valence-corrected chi connectivity index (χ2v) is 10.1. The number of piperidine rings is 2. The van der Waals surface area contributed by atoms with Gasteiger partial charge >= 0.3 is 0 Å². The van der Waals surface area contributed by atoms with Crippen molar-refractivity contribution in [2.45, 2.75) is 68.0 Å². The molecule has 0 spiro atoms. The van der Waals surface area contributed by atoms with Crippen LogP contribution in [-0.2, 0) is 10.0 Å². The number of benzene rings is 1. The van der Waals surface area contributed by atoms with Crippen molar-refractivity contribution in [3.8, 4) is 0 Å². The van der Waals surface area contributed by atoms with Crippen LogP contribution in [0.25, 0.3) is 0 Å². The van der Waals surface area contributed by atoms with Crippen LogP contribution in [0, 0.1) is 0 Å². The minimum Gasteiger partial charge on any atom is -0.339 e. The minimum atomic E-state index is -3.45. The Hall–Kier alpha value is -1.44. The lowest BCUT2D eigenvalue weighted by Gasteiger charge is -2.35. The van der Waals surface area contributed by atoms with Crippen molar-refractivity contribution in [1.29, 1.82) is 0 Å². The van der Waals surface area contributed by atoms with Crippen molar-refractivity contribution in [2.24, 2.45) is 0 Å². The Balaban J connectivity index is 1.46. The van der Waals surface area contributed by atoms with E-state index in [1.54, 1.807) is 28.6 Å². The normalized spacial score (nSPS) is 28.9. The van der Waals surface area contributed by atoms with Gasteiger partial charge in [-0.05, 0) is 62.8 Å². The molecule has 0 radical (unpaired) electrons. The zero-order valence-corrected chi connectivity index (χ0v) is 16.7. The number of fused-ring (bicyclic) bond motifs is 2. The van der Waals surface area contributed by atoms with Crippen molar-refractivity contribution in [3.05, 3.63) is 29.8 Å². The highest BCUT2D eigenvalue weighted by atomic mass is 32.2. The Kier molecular flexibility index (Phi) is 5.27. The second-order valence-electron chi connectivity index (χ2n) is 8.17. The summed E-state index contributed by atoms with van der Waals surface area (Å²) in [4.78, 5) is 15.0. The van der Waals surface area contributed by atoms with Crippen LogP contribution >= 0.6 is 0 Å². The van der Waals surface area contributed by atoms with Crippen LogP contribution in [0.3, 0.4) is 0 Å². The number of nitrogens with zero attached hydrogens (tertiary/aromatic N) is 2. The molecule has 2 unspecified atom stereocenters. The van der Waals surface area contributed by atoms with Gasteiger partial charge in [-0.25, -0.2) is 8.42 Å². The van der Waals surface area contributed by atoms with E-state index >= 15 is 0 Å². The van der Waals surface area contributed by atoms with Gasteiger partial charge in [0.1, 0.15) is 0 Å². The zero-order valence-electron chi connectivity index (χ0n) is 15.9. The van der Waals surface area contributed by atoms with E-state index in [-0.39, 0.29) is 16.8 Å². The molecule has 3 fully saturated rings.